The summed E-state index contributed by atoms with van der Waals surface area (Å²) in [5.41, 5.74) is -0.297. The van der Waals surface area contributed by atoms with Gasteiger partial charge < -0.3 is 10.2 Å². The van der Waals surface area contributed by atoms with Crippen molar-refractivity contribution in [2.45, 2.75) is 11.3 Å². The fourth-order valence-corrected chi connectivity index (χ4v) is 3.48. The van der Waals surface area contributed by atoms with Crippen molar-refractivity contribution < 1.29 is 27.8 Å². The second-order valence-electron chi connectivity index (χ2n) is 4.04. The van der Waals surface area contributed by atoms with Crippen LogP contribution in [0.1, 0.15) is 16.8 Å². The van der Waals surface area contributed by atoms with Gasteiger partial charge in [-0.2, -0.15) is 11.8 Å². The average Bonchev–Trinajstić information content (AvgIpc) is 2.42. The SMILES string of the molecule is O=C(O)c1ccc(F)c(S(=O)(=O)NCCSCCCO)c1. The van der Waals surface area contributed by atoms with E-state index in [4.69, 9.17) is 10.2 Å². The Balaban J connectivity index is 2.70. The molecule has 0 aliphatic rings. The zero-order chi connectivity index (χ0) is 15.9. The fraction of sp³-hybridized carbons (Fsp3) is 0.417. The third-order valence-corrected chi connectivity index (χ3v) is 5.00. The Morgan fingerprint density at radius 2 is 2.05 bits per heavy atom. The monoisotopic (exact) mass is 337 g/mol. The van der Waals surface area contributed by atoms with Crippen LogP contribution in [0.3, 0.4) is 0 Å². The van der Waals surface area contributed by atoms with Gasteiger partial charge in [0.25, 0.3) is 0 Å². The third kappa shape index (κ3) is 5.62. The molecule has 0 fully saturated rings. The van der Waals surface area contributed by atoms with E-state index in [2.05, 4.69) is 4.72 Å². The Morgan fingerprint density at radius 3 is 2.67 bits per heavy atom. The summed E-state index contributed by atoms with van der Waals surface area (Å²) >= 11 is 1.45. The van der Waals surface area contributed by atoms with E-state index in [0.29, 0.717) is 17.9 Å². The molecule has 0 aliphatic carbocycles. The lowest BCUT2D eigenvalue weighted by Crippen LogP contribution is -2.27. The van der Waals surface area contributed by atoms with Crippen molar-refractivity contribution in [3.63, 3.8) is 0 Å². The molecule has 0 amide bonds. The van der Waals surface area contributed by atoms with Crippen LogP contribution in [-0.4, -0.2) is 49.3 Å². The van der Waals surface area contributed by atoms with Crippen molar-refractivity contribution >= 4 is 27.8 Å². The molecule has 118 valence electrons. The summed E-state index contributed by atoms with van der Waals surface area (Å²) in [6.07, 6.45) is 0.618. The number of hydrogen-bond acceptors (Lipinski definition) is 5. The van der Waals surface area contributed by atoms with E-state index in [1.807, 2.05) is 0 Å². The van der Waals surface area contributed by atoms with Gasteiger partial charge in [0.05, 0.1) is 5.56 Å². The van der Waals surface area contributed by atoms with Gasteiger partial charge in [-0.1, -0.05) is 0 Å². The lowest BCUT2D eigenvalue weighted by atomic mass is 10.2. The summed E-state index contributed by atoms with van der Waals surface area (Å²) in [5, 5.41) is 17.4. The molecule has 0 unspecified atom stereocenters. The van der Waals surface area contributed by atoms with Crippen molar-refractivity contribution in [2.24, 2.45) is 0 Å². The summed E-state index contributed by atoms with van der Waals surface area (Å²) in [4.78, 5) is 10.1. The number of halogens is 1. The molecule has 0 spiro atoms. The first-order valence-electron chi connectivity index (χ1n) is 6.09. The highest BCUT2D eigenvalue weighted by Crippen LogP contribution is 2.16. The van der Waals surface area contributed by atoms with Crippen LogP contribution in [0.2, 0.25) is 0 Å². The van der Waals surface area contributed by atoms with Gasteiger partial charge in [0, 0.05) is 18.9 Å². The molecule has 0 saturated carbocycles. The predicted octanol–water partition coefficient (Wildman–Crippen LogP) is 0.918. The Hall–Kier alpha value is -1.16. The van der Waals surface area contributed by atoms with Crippen molar-refractivity contribution in [3.05, 3.63) is 29.6 Å². The summed E-state index contributed by atoms with van der Waals surface area (Å²) in [7, 11) is -4.09. The number of aromatic carboxylic acids is 1. The topological polar surface area (TPSA) is 104 Å². The van der Waals surface area contributed by atoms with Crippen LogP contribution in [0, 0.1) is 5.82 Å². The maximum Gasteiger partial charge on any atom is 0.335 e. The highest BCUT2D eigenvalue weighted by molar-refractivity contribution is 7.99. The van der Waals surface area contributed by atoms with E-state index in [1.165, 1.54) is 11.8 Å². The smallest absolute Gasteiger partial charge is 0.335 e. The van der Waals surface area contributed by atoms with Crippen LogP contribution in [0.4, 0.5) is 4.39 Å². The number of carbonyl (C=O) groups is 1. The maximum absolute atomic E-state index is 13.6. The third-order valence-electron chi connectivity index (χ3n) is 2.45. The van der Waals surface area contributed by atoms with Crippen LogP contribution in [0.5, 0.6) is 0 Å². The summed E-state index contributed by atoms with van der Waals surface area (Å²) < 4.78 is 39.6. The second-order valence-corrected chi connectivity index (χ2v) is 7.00. The molecule has 1 aromatic carbocycles. The minimum absolute atomic E-state index is 0.0753. The minimum atomic E-state index is -4.09. The van der Waals surface area contributed by atoms with Gasteiger partial charge in [0.15, 0.2) is 0 Å². The molecular formula is C12H16FNO5S2. The van der Waals surface area contributed by atoms with E-state index in [0.717, 1.165) is 18.2 Å². The molecule has 3 N–H and O–H groups in total. The number of aliphatic hydroxyl groups is 1. The lowest BCUT2D eigenvalue weighted by molar-refractivity contribution is 0.0696. The number of thioether (sulfide) groups is 1. The van der Waals surface area contributed by atoms with E-state index in [1.54, 1.807) is 0 Å². The van der Waals surface area contributed by atoms with Crippen molar-refractivity contribution in [1.82, 2.24) is 4.72 Å². The van der Waals surface area contributed by atoms with Crippen molar-refractivity contribution in [2.75, 3.05) is 24.7 Å². The molecule has 0 aliphatic heterocycles. The molecule has 9 heteroatoms. The van der Waals surface area contributed by atoms with Crippen LogP contribution >= 0.6 is 11.8 Å². The van der Waals surface area contributed by atoms with Gasteiger partial charge in [0.2, 0.25) is 10.0 Å². The summed E-state index contributed by atoms with van der Waals surface area (Å²) in [5.74, 6) is -1.16. The van der Waals surface area contributed by atoms with Crippen LogP contribution in [0.25, 0.3) is 0 Å². The number of carboxylic acids is 1. The molecule has 0 radical (unpaired) electrons. The number of aliphatic hydroxyl groups excluding tert-OH is 1. The number of carboxylic acid groups (broad SMARTS) is 1. The number of benzene rings is 1. The molecule has 0 aromatic heterocycles. The van der Waals surface area contributed by atoms with E-state index < -0.39 is 26.7 Å². The Kier molecular flexibility index (Phi) is 7.09. The lowest BCUT2D eigenvalue weighted by Gasteiger charge is -2.08. The molecule has 0 atom stereocenters. The highest BCUT2D eigenvalue weighted by atomic mass is 32.2. The number of sulfonamides is 1. The van der Waals surface area contributed by atoms with Crippen LogP contribution in [0.15, 0.2) is 23.1 Å². The van der Waals surface area contributed by atoms with Gasteiger partial charge in [-0.05, 0) is 30.4 Å². The first-order chi connectivity index (χ1) is 9.88. The van der Waals surface area contributed by atoms with Crippen LogP contribution < -0.4 is 4.72 Å². The van der Waals surface area contributed by atoms with E-state index >= 15 is 0 Å². The predicted molar refractivity (Wildman–Crippen MR) is 77.6 cm³/mol. The van der Waals surface area contributed by atoms with Gasteiger partial charge in [-0.15, -0.1) is 0 Å². The Morgan fingerprint density at radius 1 is 1.33 bits per heavy atom. The quantitative estimate of drug-likeness (QED) is 0.579. The zero-order valence-electron chi connectivity index (χ0n) is 11.1. The first-order valence-corrected chi connectivity index (χ1v) is 8.73. The fourth-order valence-electron chi connectivity index (χ4n) is 1.44. The number of rotatable bonds is 9. The zero-order valence-corrected chi connectivity index (χ0v) is 12.7. The van der Waals surface area contributed by atoms with E-state index in [-0.39, 0.29) is 18.7 Å². The largest absolute Gasteiger partial charge is 0.478 e. The highest BCUT2D eigenvalue weighted by Gasteiger charge is 2.20. The molecular weight excluding hydrogens is 321 g/mol. The Bertz CT molecular complexity index is 591. The summed E-state index contributed by atoms with van der Waals surface area (Å²) in [6, 6.07) is 2.61. The normalized spacial score (nSPS) is 11.5. The molecule has 0 saturated heterocycles. The Labute approximate surface area is 126 Å². The second kappa shape index (κ2) is 8.32. The number of hydrogen-bond donors (Lipinski definition) is 3. The molecule has 1 aromatic rings. The van der Waals surface area contributed by atoms with Crippen molar-refractivity contribution in [1.29, 1.82) is 0 Å². The standard InChI is InChI=1S/C12H16FNO5S2/c13-10-3-2-9(12(16)17)8-11(10)21(18,19)14-4-7-20-6-1-5-15/h2-3,8,14-15H,1,4-7H2,(H,16,17). The van der Waals surface area contributed by atoms with Gasteiger partial charge >= 0.3 is 5.97 Å². The number of nitrogens with one attached hydrogen (secondary N) is 1. The molecule has 1 rings (SSSR count). The average molecular weight is 337 g/mol. The van der Waals surface area contributed by atoms with Crippen molar-refractivity contribution in [3.8, 4) is 0 Å². The summed E-state index contributed by atoms with van der Waals surface area (Å²) in [6.45, 7) is 0.168. The van der Waals surface area contributed by atoms with E-state index in [9.17, 15) is 17.6 Å². The maximum atomic E-state index is 13.6. The molecule has 6 nitrogen and oxygen atoms in total. The molecule has 21 heavy (non-hydrogen) atoms. The molecule has 0 heterocycles. The van der Waals surface area contributed by atoms with Gasteiger partial charge in [-0.25, -0.2) is 22.3 Å². The first kappa shape index (κ1) is 17.9. The molecule has 0 bridgehead atoms. The van der Waals surface area contributed by atoms with Gasteiger partial charge in [-0.3, -0.25) is 0 Å². The minimum Gasteiger partial charge on any atom is -0.478 e. The van der Waals surface area contributed by atoms with Crippen LogP contribution in [-0.2, 0) is 10.0 Å². The van der Waals surface area contributed by atoms with Gasteiger partial charge in [0.1, 0.15) is 10.7 Å².